The highest BCUT2D eigenvalue weighted by Gasteiger charge is 2.63. The normalized spacial score (nSPS) is 47.5. The van der Waals surface area contributed by atoms with E-state index in [1.807, 2.05) is 7.05 Å². The van der Waals surface area contributed by atoms with Crippen LogP contribution in [0.2, 0.25) is 0 Å². The van der Waals surface area contributed by atoms with Crippen molar-refractivity contribution in [3.63, 3.8) is 0 Å². The minimum absolute atomic E-state index is 0.00116. The number of ether oxygens (including phenoxy) is 1. The quantitative estimate of drug-likeness (QED) is 0.553. The zero-order valence-electron chi connectivity index (χ0n) is 14.5. The van der Waals surface area contributed by atoms with Crippen LogP contribution in [0.1, 0.15) is 19.3 Å². The molecule has 0 amide bonds. The fourth-order valence-corrected chi connectivity index (χ4v) is 6.01. The minimum atomic E-state index is -0.0817. The van der Waals surface area contributed by atoms with Crippen LogP contribution in [0.3, 0.4) is 0 Å². The molecule has 136 valence electrons. The van der Waals surface area contributed by atoms with Crippen LogP contribution < -0.4 is 10.6 Å². The molecule has 0 aromatic carbocycles. The van der Waals surface area contributed by atoms with Crippen molar-refractivity contribution < 1.29 is 9.53 Å². The summed E-state index contributed by atoms with van der Waals surface area (Å²) in [4.78, 5) is 23.6. The molecule has 0 spiro atoms. The monoisotopic (exact) mass is 365 g/mol. The van der Waals surface area contributed by atoms with Crippen molar-refractivity contribution in [2.45, 2.75) is 37.5 Å². The molecule has 0 radical (unpaired) electrons. The Morgan fingerprint density at radius 1 is 1.32 bits per heavy atom. The van der Waals surface area contributed by atoms with Gasteiger partial charge in [-0.2, -0.15) is 0 Å². The Bertz CT molecular complexity index is 667. The number of aliphatic imine (C=N–C) groups is 2. The number of esters is 1. The molecule has 2 N–H and O–H groups in total. The Morgan fingerprint density at radius 3 is 2.88 bits per heavy atom. The van der Waals surface area contributed by atoms with E-state index in [0.717, 1.165) is 30.8 Å². The zero-order valence-corrected chi connectivity index (χ0v) is 15.2. The first-order valence-corrected chi connectivity index (χ1v) is 9.56. The van der Waals surface area contributed by atoms with Gasteiger partial charge in [0.2, 0.25) is 5.29 Å². The number of likely N-dealkylation sites (N-methyl/N-ethyl adjacent to an activating group) is 1. The van der Waals surface area contributed by atoms with Crippen LogP contribution in [0, 0.1) is 29.6 Å². The van der Waals surface area contributed by atoms with Gasteiger partial charge < -0.3 is 10.1 Å². The highest BCUT2D eigenvalue weighted by Crippen LogP contribution is 2.64. The molecular weight excluding hydrogens is 342 g/mol. The van der Waals surface area contributed by atoms with E-state index in [4.69, 9.17) is 16.3 Å². The van der Waals surface area contributed by atoms with Crippen molar-refractivity contribution in [1.82, 2.24) is 15.5 Å². The fourth-order valence-electron chi connectivity index (χ4n) is 5.82. The van der Waals surface area contributed by atoms with E-state index in [1.54, 1.807) is 0 Å². The number of hydrogen-bond donors (Lipinski definition) is 2. The van der Waals surface area contributed by atoms with Crippen LogP contribution in [0.15, 0.2) is 9.98 Å². The Balaban J connectivity index is 1.44. The van der Waals surface area contributed by atoms with E-state index < -0.39 is 0 Å². The van der Waals surface area contributed by atoms with Crippen molar-refractivity contribution in [2.75, 3.05) is 20.8 Å². The van der Waals surface area contributed by atoms with Crippen molar-refractivity contribution in [1.29, 1.82) is 0 Å². The highest BCUT2D eigenvalue weighted by atomic mass is 35.5. The number of hydrogen-bond acceptors (Lipinski definition) is 7. The molecule has 2 heterocycles. The van der Waals surface area contributed by atoms with Crippen LogP contribution in [-0.2, 0) is 9.53 Å². The maximum atomic E-state index is 12.5. The van der Waals surface area contributed by atoms with Crippen LogP contribution in [0.5, 0.6) is 0 Å². The van der Waals surface area contributed by atoms with E-state index in [2.05, 4.69) is 25.5 Å². The van der Waals surface area contributed by atoms with Crippen molar-refractivity contribution >= 4 is 28.7 Å². The van der Waals surface area contributed by atoms with E-state index in [-0.39, 0.29) is 35.4 Å². The summed E-state index contributed by atoms with van der Waals surface area (Å²) in [6.07, 6.45) is 3.56. The number of methoxy groups -OCH3 is 1. The molecule has 4 aliphatic carbocycles. The highest BCUT2D eigenvalue weighted by molar-refractivity contribution is 6.65. The molecule has 5 fully saturated rings. The smallest absolute Gasteiger partial charge is 0.311 e. The molecule has 25 heavy (non-hydrogen) atoms. The van der Waals surface area contributed by atoms with Gasteiger partial charge in [-0.15, -0.1) is 0 Å². The molecule has 8 heteroatoms. The molecule has 2 bridgehead atoms. The summed E-state index contributed by atoms with van der Waals surface area (Å²) in [7, 11) is 3.51. The lowest BCUT2D eigenvalue weighted by molar-refractivity contribution is -0.153. The summed E-state index contributed by atoms with van der Waals surface area (Å²) in [6.45, 7) is 0.742. The lowest BCUT2D eigenvalue weighted by Gasteiger charge is -2.48. The molecule has 2 unspecified atom stereocenters. The molecule has 7 nitrogen and oxygen atoms in total. The van der Waals surface area contributed by atoms with Crippen LogP contribution in [0.25, 0.3) is 0 Å². The summed E-state index contributed by atoms with van der Waals surface area (Å²) in [5.74, 6) is 3.12. The molecule has 0 aromatic heterocycles. The van der Waals surface area contributed by atoms with Crippen molar-refractivity contribution in [3.8, 4) is 0 Å². The van der Waals surface area contributed by atoms with Gasteiger partial charge in [0, 0.05) is 6.04 Å². The number of fused-ring (bicyclic) bond motifs is 3. The van der Waals surface area contributed by atoms with Gasteiger partial charge in [0.25, 0.3) is 0 Å². The van der Waals surface area contributed by atoms with E-state index >= 15 is 0 Å². The molecule has 4 saturated carbocycles. The molecule has 6 aliphatic rings. The van der Waals surface area contributed by atoms with Gasteiger partial charge in [0.1, 0.15) is 18.0 Å². The maximum absolute atomic E-state index is 12.5. The van der Waals surface area contributed by atoms with Gasteiger partial charge in [-0.25, -0.2) is 9.98 Å². The second-order valence-corrected chi connectivity index (χ2v) is 8.43. The van der Waals surface area contributed by atoms with Gasteiger partial charge in [-0.1, -0.05) is 0 Å². The van der Waals surface area contributed by atoms with Crippen LogP contribution in [0.4, 0.5) is 0 Å². The topological polar surface area (TPSA) is 78.3 Å². The third-order valence-electron chi connectivity index (χ3n) is 6.98. The second kappa shape index (κ2) is 5.66. The molecule has 1 saturated heterocycles. The molecule has 6 rings (SSSR count). The van der Waals surface area contributed by atoms with Gasteiger partial charge in [0.05, 0.1) is 19.7 Å². The van der Waals surface area contributed by atoms with Gasteiger partial charge in [-0.3, -0.25) is 15.0 Å². The summed E-state index contributed by atoms with van der Waals surface area (Å²) in [6, 6.07) is 0.0888. The van der Waals surface area contributed by atoms with Gasteiger partial charge in [0.15, 0.2) is 0 Å². The third kappa shape index (κ3) is 2.35. The lowest BCUT2D eigenvalue weighted by Crippen LogP contribution is -2.61. The number of carbonyl (C=O) groups excluding carboxylic acids is 1. The standard InChI is InChI=1S/C17H24ClN5O2/c1-23-6-19-13-14(21-17(18)22-15(13)23)20-12-8-4-3-7(9-5-10(8)9)11(12)16(24)25-2/h7-13,15,19H,3-6H2,1-2H3,(H,20,21,22)/t7-,8+,9-,10+,11-,12-,13?,15?/m1/s1. The number of carbonyl (C=O) groups is 1. The Labute approximate surface area is 152 Å². The predicted octanol–water partition coefficient (Wildman–Crippen LogP) is 0.604. The van der Waals surface area contributed by atoms with Crippen LogP contribution in [-0.4, -0.2) is 61.1 Å². The van der Waals surface area contributed by atoms with Crippen LogP contribution >= 0.6 is 11.6 Å². The maximum Gasteiger partial charge on any atom is 0.311 e. The summed E-state index contributed by atoms with van der Waals surface area (Å²) >= 11 is 6.18. The Kier molecular flexibility index (Phi) is 3.63. The zero-order chi connectivity index (χ0) is 17.3. The summed E-state index contributed by atoms with van der Waals surface area (Å²) in [5, 5.41) is 7.35. The van der Waals surface area contributed by atoms with Crippen molar-refractivity contribution in [3.05, 3.63) is 0 Å². The number of amidine groups is 2. The lowest BCUT2D eigenvalue weighted by atomic mass is 9.61. The second-order valence-electron chi connectivity index (χ2n) is 8.09. The van der Waals surface area contributed by atoms with E-state index in [0.29, 0.717) is 11.8 Å². The average Bonchev–Trinajstić information content (AvgIpc) is 3.35. The predicted molar refractivity (Wildman–Crippen MR) is 94.3 cm³/mol. The fraction of sp³-hybridized carbons (Fsp3) is 0.824. The Hall–Kier alpha value is -1.18. The van der Waals surface area contributed by atoms with E-state index in [1.165, 1.54) is 20.0 Å². The number of nitrogens with one attached hydrogen (secondary N) is 2. The SMILES string of the molecule is COC(=O)[C@@H]1[C@@H]2CC[C@@H]([C@@H]3C[C@@H]32)[C@H]1NC1=NC(Cl)=NC2C1NCN2C. The summed E-state index contributed by atoms with van der Waals surface area (Å²) < 4.78 is 5.16. The first-order valence-electron chi connectivity index (χ1n) is 9.18. The largest absolute Gasteiger partial charge is 0.469 e. The number of halogens is 1. The van der Waals surface area contributed by atoms with E-state index in [9.17, 15) is 4.79 Å². The van der Waals surface area contributed by atoms with Crippen molar-refractivity contribution in [2.24, 2.45) is 39.6 Å². The Morgan fingerprint density at radius 2 is 2.08 bits per heavy atom. The molecule has 2 aliphatic heterocycles. The number of rotatable bonds is 2. The molecule has 0 aromatic rings. The van der Waals surface area contributed by atoms with Gasteiger partial charge in [-0.05, 0) is 61.6 Å². The molecular formula is C17H24ClN5O2. The number of nitrogens with zero attached hydrogens (tertiary/aromatic N) is 3. The minimum Gasteiger partial charge on any atom is -0.469 e. The summed E-state index contributed by atoms with van der Waals surface area (Å²) in [5.41, 5.74) is 0. The molecule has 8 atom stereocenters. The third-order valence-corrected chi connectivity index (χ3v) is 7.16. The first kappa shape index (κ1) is 16.0. The average molecular weight is 366 g/mol. The first-order chi connectivity index (χ1) is 12.1. The van der Waals surface area contributed by atoms with Gasteiger partial charge >= 0.3 is 5.97 Å².